The van der Waals surface area contributed by atoms with E-state index in [1.54, 1.807) is 10.7 Å². The number of rotatable bonds is 4. The highest BCUT2D eigenvalue weighted by molar-refractivity contribution is 5.95. The van der Waals surface area contributed by atoms with Gasteiger partial charge in [0.25, 0.3) is 0 Å². The molecule has 0 atom stereocenters. The smallest absolute Gasteiger partial charge is 0.259 e. The zero-order chi connectivity index (χ0) is 22.1. The second-order valence-corrected chi connectivity index (χ2v) is 7.63. The third kappa shape index (κ3) is 3.78. The molecule has 2 nitrogen and oxygen atoms in total. The van der Waals surface area contributed by atoms with Gasteiger partial charge in [-0.1, -0.05) is 97.1 Å². The maximum absolute atomic E-state index is 13.7. The maximum atomic E-state index is 13.7. The van der Waals surface area contributed by atoms with E-state index in [2.05, 4.69) is 5.10 Å². The van der Waals surface area contributed by atoms with Crippen LogP contribution in [0.25, 0.3) is 33.3 Å². The van der Waals surface area contributed by atoms with E-state index in [0.29, 0.717) is 17.6 Å². The second kappa shape index (κ2) is 8.00. The minimum Gasteiger partial charge on any atom is -0.259 e. The molecule has 0 spiro atoms. The zero-order valence-electron chi connectivity index (χ0n) is 17.1. The summed E-state index contributed by atoms with van der Waals surface area (Å²) in [6.07, 6.45) is -4.47. The molecule has 0 saturated heterocycles. The number of alkyl halides is 3. The molecular formula is C27H19F3N2. The topological polar surface area (TPSA) is 17.8 Å². The highest BCUT2D eigenvalue weighted by Gasteiger charge is 2.34. The first-order valence-corrected chi connectivity index (χ1v) is 10.3. The molecule has 1 heterocycles. The Labute approximate surface area is 183 Å². The van der Waals surface area contributed by atoms with Crippen LogP contribution in [0.5, 0.6) is 0 Å². The van der Waals surface area contributed by atoms with Crippen LogP contribution in [0.3, 0.4) is 0 Å². The van der Waals surface area contributed by atoms with Gasteiger partial charge in [0.1, 0.15) is 5.52 Å². The van der Waals surface area contributed by atoms with Gasteiger partial charge in [0.15, 0.2) is 0 Å². The Kier molecular flexibility index (Phi) is 5.02. The summed E-state index contributed by atoms with van der Waals surface area (Å²) < 4.78 is 42.7. The Morgan fingerprint density at radius 2 is 1.22 bits per heavy atom. The number of halogens is 3. The van der Waals surface area contributed by atoms with Crippen LogP contribution in [0.2, 0.25) is 0 Å². The molecule has 0 unspecified atom stereocenters. The molecule has 0 amide bonds. The van der Waals surface area contributed by atoms with Gasteiger partial charge in [-0.05, 0) is 22.8 Å². The van der Waals surface area contributed by atoms with Crippen LogP contribution in [0.15, 0.2) is 103 Å². The molecule has 0 aliphatic carbocycles. The Hall–Kier alpha value is -3.86. The molecule has 0 aliphatic heterocycles. The summed E-state index contributed by atoms with van der Waals surface area (Å²) in [6, 6.07) is 31.7. The van der Waals surface area contributed by atoms with E-state index in [4.69, 9.17) is 0 Å². The molecule has 0 saturated carbocycles. The molecule has 32 heavy (non-hydrogen) atoms. The molecular weight excluding hydrogens is 409 g/mol. The molecule has 0 radical (unpaired) electrons. The molecule has 0 fully saturated rings. The fourth-order valence-corrected chi connectivity index (χ4v) is 4.01. The molecule has 5 heteroatoms. The lowest BCUT2D eigenvalue weighted by molar-refractivity contribution is -0.136. The lowest BCUT2D eigenvalue weighted by Gasteiger charge is -2.10. The highest BCUT2D eigenvalue weighted by atomic mass is 19.4. The van der Waals surface area contributed by atoms with Crippen molar-refractivity contribution in [2.75, 3.05) is 0 Å². The Balaban J connectivity index is 1.67. The lowest BCUT2D eigenvalue weighted by atomic mass is 10.0. The van der Waals surface area contributed by atoms with Crippen LogP contribution in [0, 0.1) is 0 Å². The third-order valence-electron chi connectivity index (χ3n) is 5.52. The van der Waals surface area contributed by atoms with Crippen molar-refractivity contribution in [3.8, 4) is 22.4 Å². The van der Waals surface area contributed by atoms with E-state index < -0.39 is 11.7 Å². The monoisotopic (exact) mass is 428 g/mol. The van der Waals surface area contributed by atoms with Gasteiger partial charge in [-0.2, -0.15) is 18.3 Å². The normalized spacial score (nSPS) is 11.7. The summed E-state index contributed by atoms with van der Waals surface area (Å²) >= 11 is 0. The molecule has 4 aromatic carbocycles. The molecule has 5 rings (SSSR count). The number of nitrogens with zero attached hydrogens (tertiary/aromatic N) is 2. The Morgan fingerprint density at radius 1 is 0.625 bits per heavy atom. The van der Waals surface area contributed by atoms with Crippen LogP contribution in [-0.2, 0) is 12.7 Å². The molecule has 0 N–H and O–H groups in total. The molecule has 5 aromatic rings. The van der Waals surface area contributed by atoms with Gasteiger partial charge < -0.3 is 0 Å². The number of fused-ring (bicyclic) bond motifs is 1. The van der Waals surface area contributed by atoms with Gasteiger partial charge in [0.05, 0.1) is 17.8 Å². The minimum atomic E-state index is -4.47. The highest BCUT2D eigenvalue weighted by Crippen LogP contribution is 2.38. The Morgan fingerprint density at radius 3 is 1.88 bits per heavy atom. The summed E-state index contributed by atoms with van der Waals surface area (Å²) in [4.78, 5) is 0. The molecule has 1 aromatic heterocycles. The SMILES string of the molecule is FC(F)(F)c1cccc2c(-c3ccc(-c4ccccc4)cc3)n(Cc3ccccc3)nc12. The van der Waals surface area contributed by atoms with Crippen molar-refractivity contribution >= 4 is 10.9 Å². The van der Waals surface area contributed by atoms with Gasteiger partial charge in [0.2, 0.25) is 0 Å². The van der Waals surface area contributed by atoms with Crippen LogP contribution < -0.4 is 0 Å². The predicted molar refractivity (Wildman–Crippen MR) is 121 cm³/mol. The van der Waals surface area contributed by atoms with Crippen LogP contribution >= 0.6 is 0 Å². The number of hydrogen-bond acceptors (Lipinski definition) is 1. The van der Waals surface area contributed by atoms with Crippen molar-refractivity contribution < 1.29 is 13.2 Å². The van der Waals surface area contributed by atoms with Gasteiger partial charge in [-0.3, -0.25) is 4.68 Å². The first kappa shape index (κ1) is 20.1. The maximum Gasteiger partial charge on any atom is 0.418 e. The quantitative estimate of drug-likeness (QED) is 0.291. The van der Waals surface area contributed by atoms with E-state index in [1.165, 1.54) is 6.07 Å². The lowest BCUT2D eigenvalue weighted by Crippen LogP contribution is -2.06. The van der Waals surface area contributed by atoms with Crippen LogP contribution in [0.4, 0.5) is 13.2 Å². The number of hydrogen-bond donors (Lipinski definition) is 0. The van der Waals surface area contributed by atoms with Crippen molar-refractivity contribution in [1.29, 1.82) is 0 Å². The summed E-state index contributed by atoms with van der Waals surface area (Å²) in [5.74, 6) is 0. The molecule has 158 valence electrons. The average molecular weight is 428 g/mol. The summed E-state index contributed by atoms with van der Waals surface area (Å²) in [5, 5.41) is 4.92. The summed E-state index contributed by atoms with van der Waals surface area (Å²) in [5.41, 5.74) is 3.85. The van der Waals surface area contributed by atoms with Crippen molar-refractivity contribution in [1.82, 2.24) is 9.78 Å². The average Bonchev–Trinajstić information content (AvgIpc) is 3.17. The minimum absolute atomic E-state index is 0.0296. The summed E-state index contributed by atoms with van der Waals surface area (Å²) in [6.45, 7) is 0.378. The first-order chi connectivity index (χ1) is 15.5. The van der Waals surface area contributed by atoms with E-state index in [0.717, 1.165) is 28.3 Å². The van der Waals surface area contributed by atoms with Crippen molar-refractivity contribution in [3.63, 3.8) is 0 Å². The van der Waals surface area contributed by atoms with Crippen LogP contribution in [0.1, 0.15) is 11.1 Å². The summed E-state index contributed by atoms with van der Waals surface area (Å²) in [7, 11) is 0. The standard InChI is InChI=1S/C27H19F3N2/c28-27(29,30)24-13-7-12-23-25(24)31-32(18-19-8-3-1-4-9-19)26(23)22-16-14-21(15-17-22)20-10-5-2-6-11-20/h1-17H,18H2. The third-order valence-corrected chi connectivity index (χ3v) is 5.52. The number of benzene rings is 4. The van der Waals surface area contributed by atoms with Gasteiger partial charge in [-0.15, -0.1) is 0 Å². The van der Waals surface area contributed by atoms with E-state index in [9.17, 15) is 13.2 Å². The van der Waals surface area contributed by atoms with Crippen molar-refractivity contribution in [2.24, 2.45) is 0 Å². The van der Waals surface area contributed by atoms with Gasteiger partial charge >= 0.3 is 6.18 Å². The van der Waals surface area contributed by atoms with Gasteiger partial charge in [-0.25, -0.2) is 0 Å². The molecule has 0 aliphatic rings. The molecule has 0 bridgehead atoms. The van der Waals surface area contributed by atoms with E-state index >= 15 is 0 Å². The van der Waals surface area contributed by atoms with E-state index in [1.807, 2.05) is 84.9 Å². The predicted octanol–water partition coefficient (Wildman–Crippen LogP) is 7.44. The first-order valence-electron chi connectivity index (χ1n) is 10.3. The largest absolute Gasteiger partial charge is 0.418 e. The van der Waals surface area contributed by atoms with Crippen LogP contribution in [-0.4, -0.2) is 9.78 Å². The van der Waals surface area contributed by atoms with Gasteiger partial charge in [0, 0.05) is 10.9 Å². The van der Waals surface area contributed by atoms with Crippen molar-refractivity contribution in [3.05, 3.63) is 114 Å². The Bertz CT molecular complexity index is 1350. The van der Waals surface area contributed by atoms with E-state index in [-0.39, 0.29) is 5.52 Å². The fourth-order valence-electron chi connectivity index (χ4n) is 4.01. The second-order valence-electron chi connectivity index (χ2n) is 7.63. The fraction of sp³-hybridized carbons (Fsp3) is 0.0741. The zero-order valence-corrected chi connectivity index (χ0v) is 17.1. The number of aromatic nitrogens is 2. The van der Waals surface area contributed by atoms with Crippen molar-refractivity contribution in [2.45, 2.75) is 12.7 Å².